The molecule has 1 aromatic carbocycles. The fraction of sp³-hybridized carbons (Fsp3) is 0.562. The number of piperazine rings is 1. The Bertz CT molecular complexity index is 711. The van der Waals surface area contributed by atoms with Crippen LogP contribution in [0.5, 0.6) is 0 Å². The monoisotopic (exact) mass is 351 g/mol. The fourth-order valence-electron chi connectivity index (χ4n) is 2.97. The van der Waals surface area contributed by atoms with E-state index in [1.165, 1.54) is 0 Å². The molecular weight excluding hydrogens is 326 g/mol. The van der Waals surface area contributed by atoms with E-state index in [2.05, 4.69) is 15.2 Å². The number of sulfonamides is 1. The Morgan fingerprint density at radius 3 is 2.46 bits per heavy atom. The normalized spacial score (nSPS) is 20.2. The van der Waals surface area contributed by atoms with Gasteiger partial charge in [-0.25, -0.2) is 8.42 Å². The molecule has 0 radical (unpaired) electrons. The number of likely N-dealkylation sites (N-methyl/N-ethyl adjacent to an activating group) is 2. The largest absolute Gasteiger partial charge is 0.352 e. The summed E-state index contributed by atoms with van der Waals surface area (Å²) in [7, 11) is 0.530. The highest BCUT2D eigenvalue weighted by Crippen LogP contribution is 2.21. The molecule has 0 saturated carbocycles. The van der Waals surface area contributed by atoms with Crippen LogP contribution in [0.15, 0.2) is 34.2 Å². The molecule has 0 amide bonds. The summed E-state index contributed by atoms with van der Waals surface area (Å²) in [5.74, 6) is 0.821. The van der Waals surface area contributed by atoms with Crippen LogP contribution in [0.1, 0.15) is 5.56 Å². The molecule has 132 valence electrons. The predicted octanol–water partition coefficient (Wildman–Crippen LogP) is 0.0137. The van der Waals surface area contributed by atoms with Crippen molar-refractivity contribution in [3.05, 3.63) is 29.8 Å². The van der Waals surface area contributed by atoms with Gasteiger partial charge in [0, 0.05) is 46.3 Å². The Morgan fingerprint density at radius 2 is 1.79 bits per heavy atom. The maximum absolute atomic E-state index is 13.0. The summed E-state index contributed by atoms with van der Waals surface area (Å²) in [5, 5.41) is 3.25. The Balaban J connectivity index is 1.78. The second-order valence-electron chi connectivity index (χ2n) is 6.30. The Labute approximate surface area is 144 Å². The van der Waals surface area contributed by atoms with Crippen LogP contribution in [-0.2, 0) is 16.6 Å². The molecule has 3 rings (SSSR count). The van der Waals surface area contributed by atoms with Crippen LogP contribution in [0.2, 0.25) is 0 Å². The molecule has 0 spiro atoms. The average molecular weight is 351 g/mol. The number of aliphatic imine (C=N–C) groups is 1. The van der Waals surface area contributed by atoms with Gasteiger partial charge in [0.1, 0.15) is 0 Å². The minimum Gasteiger partial charge on any atom is -0.352 e. The zero-order chi connectivity index (χ0) is 17.2. The number of hydrogen-bond donors (Lipinski definition) is 1. The molecule has 0 aromatic heterocycles. The molecule has 1 aromatic rings. The van der Waals surface area contributed by atoms with E-state index in [-0.39, 0.29) is 0 Å². The number of benzene rings is 1. The van der Waals surface area contributed by atoms with Gasteiger partial charge < -0.3 is 15.1 Å². The summed E-state index contributed by atoms with van der Waals surface area (Å²) >= 11 is 0. The van der Waals surface area contributed by atoms with Gasteiger partial charge in [0.2, 0.25) is 10.0 Å². The van der Waals surface area contributed by atoms with Crippen molar-refractivity contribution >= 4 is 16.0 Å². The van der Waals surface area contributed by atoms with Gasteiger partial charge in [-0.2, -0.15) is 4.31 Å². The molecule has 0 unspecified atom stereocenters. The zero-order valence-electron chi connectivity index (χ0n) is 14.3. The number of nitrogens with zero attached hydrogens (tertiary/aromatic N) is 4. The number of guanidine groups is 1. The standard InChI is InChI=1S/C16H25N5O2S/c1-19-9-11-21(12-10-19)24(22,23)15-6-4-3-5-14(15)13-18-16-17-7-8-20(16)2/h3-6H,7-13H2,1-2H3,(H,17,18). The maximum Gasteiger partial charge on any atom is 0.243 e. The van der Waals surface area contributed by atoms with Crippen LogP contribution in [0.3, 0.4) is 0 Å². The van der Waals surface area contributed by atoms with E-state index in [1.807, 2.05) is 31.1 Å². The average Bonchev–Trinajstić information content (AvgIpc) is 2.99. The van der Waals surface area contributed by atoms with Crippen molar-refractivity contribution in [2.75, 3.05) is 53.4 Å². The molecule has 7 nitrogen and oxygen atoms in total. The number of nitrogens with one attached hydrogen (secondary N) is 1. The molecule has 0 atom stereocenters. The van der Waals surface area contributed by atoms with Crippen LogP contribution in [0, 0.1) is 0 Å². The van der Waals surface area contributed by atoms with Gasteiger partial charge in [0.25, 0.3) is 0 Å². The molecule has 0 bridgehead atoms. The first-order chi connectivity index (χ1) is 11.5. The van der Waals surface area contributed by atoms with Crippen LogP contribution in [0.25, 0.3) is 0 Å². The smallest absolute Gasteiger partial charge is 0.243 e. The predicted molar refractivity (Wildman–Crippen MR) is 94.5 cm³/mol. The molecule has 2 heterocycles. The van der Waals surface area contributed by atoms with Crippen molar-refractivity contribution in [1.82, 2.24) is 19.4 Å². The second-order valence-corrected chi connectivity index (χ2v) is 8.20. The fourth-order valence-corrected chi connectivity index (χ4v) is 4.61. The lowest BCUT2D eigenvalue weighted by molar-refractivity contribution is 0.222. The van der Waals surface area contributed by atoms with Gasteiger partial charge in [-0.1, -0.05) is 18.2 Å². The lowest BCUT2D eigenvalue weighted by Gasteiger charge is -2.32. The Kier molecular flexibility index (Phi) is 5.07. The third kappa shape index (κ3) is 3.55. The zero-order valence-corrected chi connectivity index (χ0v) is 15.1. The molecule has 8 heteroatoms. The molecule has 1 saturated heterocycles. The van der Waals surface area contributed by atoms with Gasteiger partial charge in [0.05, 0.1) is 11.4 Å². The molecule has 1 N–H and O–H groups in total. The summed E-state index contributed by atoms with van der Waals surface area (Å²) in [4.78, 5) is 8.97. The van der Waals surface area contributed by atoms with Crippen LogP contribution in [-0.4, -0.2) is 81.8 Å². The SMILES string of the molecule is CN1CCN(S(=O)(=O)c2ccccc2CNC2=NCCN2C)CC1. The van der Waals surface area contributed by atoms with Crippen molar-refractivity contribution in [2.24, 2.45) is 4.99 Å². The lowest BCUT2D eigenvalue weighted by atomic mass is 10.2. The van der Waals surface area contributed by atoms with Gasteiger partial charge in [-0.15, -0.1) is 0 Å². The molecule has 24 heavy (non-hydrogen) atoms. The summed E-state index contributed by atoms with van der Waals surface area (Å²) in [6.45, 7) is 4.73. The first-order valence-corrected chi connectivity index (χ1v) is 9.68. The molecule has 2 aliphatic rings. The van der Waals surface area contributed by atoms with E-state index < -0.39 is 10.0 Å². The lowest BCUT2D eigenvalue weighted by Crippen LogP contribution is -2.47. The van der Waals surface area contributed by atoms with Crippen molar-refractivity contribution in [1.29, 1.82) is 0 Å². The van der Waals surface area contributed by atoms with Crippen LogP contribution >= 0.6 is 0 Å². The molecule has 1 fully saturated rings. The van der Waals surface area contributed by atoms with E-state index in [9.17, 15) is 8.42 Å². The van der Waals surface area contributed by atoms with E-state index in [0.717, 1.165) is 37.7 Å². The van der Waals surface area contributed by atoms with Crippen molar-refractivity contribution < 1.29 is 8.42 Å². The van der Waals surface area contributed by atoms with Crippen LogP contribution in [0.4, 0.5) is 0 Å². The van der Waals surface area contributed by atoms with Gasteiger partial charge in [-0.05, 0) is 18.7 Å². The Hall–Kier alpha value is -1.64. The molecule has 2 aliphatic heterocycles. The Morgan fingerprint density at radius 1 is 1.08 bits per heavy atom. The third-order valence-electron chi connectivity index (χ3n) is 4.55. The molecular formula is C16H25N5O2S. The van der Waals surface area contributed by atoms with Crippen molar-refractivity contribution in [2.45, 2.75) is 11.4 Å². The first-order valence-electron chi connectivity index (χ1n) is 8.24. The van der Waals surface area contributed by atoms with Crippen molar-refractivity contribution in [3.63, 3.8) is 0 Å². The summed E-state index contributed by atoms with van der Waals surface area (Å²) in [5.41, 5.74) is 0.777. The van der Waals surface area contributed by atoms with E-state index in [4.69, 9.17) is 0 Å². The molecule has 0 aliphatic carbocycles. The summed E-state index contributed by atoms with van der Waals surface area (Å²) < 4.78 is 27.6. The minimum atomic E-state index is -3.46. The quantitative estimate of drug-likeness (QED) is 0.828. The van der Waals surface area contributed by atoms with Crippen LogP contribution < -0.4 is 5.32 Å². The minimum absolute atomic E-state index is 0.392. The highest BCUT2D eigenvalue weighted by atomic mass is 32.2. The first kappa shape index (κ1) is 17.2. The van der Waals surface area contributed by atoms with Gasteiger partial charge in [0.15, 0.2) is 5.96 Å². The topological polar surface area (TPSA) is 68.2 Å². The van der Waals surface area contributed by atoms with E-state index in [0.29, 0.717) is 24.5 Å². The highest BCUT2D eigenvalue weighted by Gasteiger charge is 2.29. The summed E-state index contributed by atoms with van der Waals surface area (Å²) in [6.07, 6.45) is 0. The highest BCUT2D eigenvalue weighted by molar-refractivity contribution is 7.89. The number of hydrogen-bond acceptors (Lipinski definition) is 6. The van der Waals surface area contributed by atoms with E-state index >= 15 is 0 Å². The van der Waals surface area contributed by atoms with E-state index in [1.54, 1.807) is 16.4 Å². The van der Waals surface area contributed by atoms with Crippen molar-refractivity contribution in [3.8, 4) is 0 Å². The van der Waals surface area contributed by atoms with Gasteiger partial charge in [-0.3, -0.25) is 4.99 Å². The third-order valence-corrected chi connectivity index (χ3v) is 6.55. The van der Waals surface area contributed by atoms with Gasteiger partial charge >= 0.3 is 0 Å². The number of rotatable bonds is 4. The maximum atomic E-state index is 13.0. The summed E-state index contributed by atoms with van der Waals surface area (Å²) in [6, 6.07) is 7.22. The second kappa shape index (κ2) is 7.08.